The van der Waals surface area contributed by atoms with Crippen LogP contribution in [0.5, 0.6) is 0 Å². The SMILES string of the molecule is CC1(C)CB(C#N)CCC1Nc1c(F)cc2sc(C#N)nc2c1Cl. The Morgan fingerprint density at radius 2 is 2.25 bits per heavy atom. The highest BCUT2D eigenvalue weighted by molar-refractivity contribution is 7.19. The van der Waals surface area contributed by atoms with Crippen LogP contribution >= 0.6 is 22.9 Å². The normalized spacial score (nSPS) is 19.8. The number of hydrogen-bond acceptors (Lipinski definition) is 5. The Bertz CT molecular complexity index is 883. The topological polar surface area (TPSA) is 72.5 Å². The van der Waals surface area contributed by atoms with E-state index in [1.807, 2.05) is 6.07 Å². The number of fused-ring (bicyclic) bond motifs is 1. The maximum atomic E-state index is 14.5. The van der Waals surface area contributed by atoms with Gasteiger partial charge < -0.3 is 5.32 Å². The summed E-state index contributed by atoms with van der Waals surface area (Å²) in [5.41, 5.74) is 0.529. The number of nitriles is 2. The summed E-state index contributed by atoms with van der Waals surface area (Å²) in [5.74, 6) is 1.89. The molecule has 1 saturated heterocycles. The van der Waals surface area contributed by atoms with E-state index in [4.69, 9.17) is 22.1 Å². The molecule has 0 aliphatic carbocycles. The van der Waals surface area contributed by atoms with Crippen LogP contribution in [0.3, 0.4) is 0 Å². The minimum absolute atomic E-state index is 0.0145. The molecule has 2 aromatic rings. The number of halogens is 2. The second kappa shape index (κ2) is 6.24. The maximum Gasteiger partial charge on any atom is 0.268 e. The summed E-state index contributed by atoms with van der Waals surface area (Å²) >= 11 is 7.49. The summed E-state index contributed by atoms with van der Waals surface area (Å²) in [5, 5.41) is 21.8. The number of rotatable bonds is 2. The van der Waals surface area contributed by atoms with Gasteiger partial charge in [-0.15, -0.1) is 11.3 Å². The first-order valence-electron chi connectivity index (χ1n) is 7.70. The first-order chi connectivity index (χ1) is 11.4. The van der Waals surface area contributed by atoms with Gasteiger partial charge in [0.25, 0.3) is 6.71 Å². The summed E-state index contributed by atoms with van der Waals surface area (Å²) in [6.45, 7) is 4.20. The second-order valence-corrected chi connectivity index (χ2v) is 8.23. The summed E-state index contributed by atoms with van der Waals surface area (Å²) in [6, 6.07) is 3.35. The minimum Gasteiger partial charge on any atom is -0.378 e. The van der Waals surface area contributed by atoms with Crippen molar-refractivity contribution < 1.29 is 4.39 Å². The van der Waals surface area contributed by atoms with E-state index in [0.717, 1.165) is 30.4 Å². The van der Waals surface area contributed by atoms with Crippen LogP contribution in [-0.2, 0) is 0 Å². The zero-order valence-corrected chi connectivity index (χ0v) is 14.9. The van der Waals surface area contributed by atoms with E-state index in [1.54, 1.807) is 0 Å². The van der Waals surface area contributed by atoms with E-state index < -0.39 is 5.82 Å². The molecule has 2 heterocycles. The van der Waals surface area contributed by atoms with Gasteiger partial charge in [0.15, 0.2) is 5.01 Å². The maximum absolute atomic E-state index is 14.5. The Hall–Kier alpha value is -1.83. The molecule has 0 saturated carbocycles. The molecule has 0 radical (unpaired) electrons. The highest BCUT2D eigenvalue weighted by Gasteiger charge is 2.39. The molecule has 1 fully saturated rings. The number of benzene rings is 1. The summed E-state index contributed by atoms with van der Waals surface area (Å²) in [6.07, 6.45) is 2.33. The Morgan fingerprint density at radius 3 is 2.88 bits per heavy atom. The van der Waals surface area contributed by atoms with Crippen LogP contribution in [0, 0.1) is 33.8 Å². The van der Waals surface area contributed by atoms with E-state index in [2.05, 4.69) is 30.1 Å². The molecule has 1 aliphatic heterocycles. The largest absolute Gasteiger partial charge is 0.378 e. The van der Waals surface area contributed by atoms with Gasteiger partial charge in [-0.25, -0.2) is 14.6 Å². The quantitative estimate of drug-likeness (QED) is 0.786. The van der Waals surface area contributed by atoms with Crippen LogP contribution in [0.15, 0.2) is 6.07 Å². The third kappa shape index (κ3) is 2.95. The number of thiazole rings is 1. The molecule has 1 aliphatic rings. The molecule has 1 atom stereocenters. The molecule has 122 valence electrons. The van der Waals surface area contributed by atoms with Gasteiger partial charge in [0.05, 0.1) is 15.4 Å². The van der Waals surface area contributed by atoms with Crippen molar-refractivity contribution in [2.75, 3.05) is 5.32 Å². The van der Waals surface area contributed by atoms with Crippen molar-refractivity contribution in [3.8, 4) is 12.0 Å². The van der Waals surface area contributed by atoms with Crippen LogP contribution in [0.1, 0.15) is 25.3 Å². The Morgan fingerprint density at radius 1 is 1.50 bits per heavy atom. The van der Waals surface area contributed by atoms with E-state index in [-0.39, 0.29) is 33.9 Å². The van der Waals surface area contributed by atoms with Crippen molar-refractivity contribution in [1.82, 2.24) is 4.98 Å². The number of nitrogens with zero attached hydrogens (tertiary/aromatic N) is 3. The molecule has 24 heavy (non-hydrogen) atoms. The average molecular weight is 361 g/mol. The molecule has 1 unspecified atom stereocenters. The smallest absolute Gasteiger partial charge is 0.268 e. The van der Waals surface area contributed by atoms with Crippen LogP contribution in [0.25, 0.3) is 10.2 Å². The molecule has 8 heteroatoms. The van der Waals surface area contributed by atoms with Gasteiger partial charge in [0, 0.05) is 12.0 Å². The van der Waals surface area contributed by atoms with Crippen molar-refractivity contribution in [2.24, 2.45) is 5.41 Å². The van der Waals surface area contributed by atoms with E-state index in [9.17, 15) is 4.39 Å². The summed E-state index contributed by atoms with van der Waals surface area (Å²) < 4.78 is 15.1. The van der Waals surface area contributed by atoms with Gasteiger partial charge in [-0.05, 0) is 17.9 Å². The molecule has 0 spiro atoms. The highest BCUT2D eigenvalue weighted by Crippen LogP contribution is 2.42. The minimum atomic E-state index is -0.446. The Balaban J connectivity index is 1.96. The number of aromatic nitrogens is 1. The Kier molecular flexibility index (Phi) is 4.42. The number of anilines is 1. The van der Waals surface area contributed by atoms with Crippen molar-refractivity contribution in [3.05, 3.63) is 21.9 Å². The zero-order valence-electron chi connectivity index (χ0n) is 13.4. The first kappa shape index (κ1) is 17.0. The lowest BCUT2D eigenvalue weighted by molar-refractivity contribution is 0.316. The summed E-state index contributed by atoms with van der Waals surface area (Å²) in [7, 11) is 0. The van der Waals surface area contributed by atoms with Crippen LogP contribution < -0.4 is 5.32 Å². The van der Waals surface area contributed by atoms with Gasteiger partial charge in [-0.3, -0.25) is 0 Å². The molecule has 1 N–H and O–H groups in total. The van der Waals surface area contributed by atoms with Gasteiger partial charge in [-0.2, -0.15) is 5.26 Å². The van der Waals surface area contributed by atoms with Gasteiger partial charge in [0.2, 0.25) is 0 Å². The first-order valence-corrected chi connectivity index (χ1v) is 8.90. The van der Waals surface area contributed by atoms with E-state index >= 15 is 0 Å². The second-order valence-electron chi connectivity index (χ2n) is 6.82. The van der Waals surface area contributed by atoms with Crippen molar-refractivity contribution in [2.45, 2.75) is 39.0 Å². The van der Waals surface area contributed by atoms with Crippen LogP contribution in [0.2, 0.25) is 17.7 Å². The molecule has 0 amide bonds. The van der Waals surface area contributed by atoms with E-state index in [0.29, 0.717) is 10.2 Å². The molecule has 1 aromatic heterocycles. The molecule has 4 nitrogen and oxygen atoms in total. The van der Waals surface area contributed by atoms with Crippen LogP contribution in [0.4, 0.5) is 10.1 Å². The van der Waals surface area contributed by atoms with Gasteiger partial charge in [-0.1, -0.05) is 38.1 Å². The lowest BCUT2D eigenvalue weighted by atomic mass is 9.37. The molecular weight excluding hydrogens is 346 g/mol. The number of nitrogens with one attached hydrogen (secondary N) is 1. The average Bonchev–Trinajstić information content (AvgIpc) is 2.95. The molecular formula is C16H15BClFN4S. The standard InChI is InChI=1S/C16H15BClFN4S/c1-16(2)7-17(8-21)4-3-11(16)22-14-9(19)5-10-15(13(14)18)23-12(6-20)24-10/h5,11,22H,3-4,7H2,1-2H3. The number of hydrogen-bond donors (Lipinski definition) is 1. The molecule has 0 bridgehead atoms. The van der Waals surface area contributed by atoms with Gasteiger partial charge >= 0.3 is 0 Å². The third-order valence-electron chi connectivity index (χ3n) is 4.69. The lowest BCUT2D eigenvalue weighted by Gasteiger charge is -2.40. The summed E-state index contributed by atoms with van der Waals surface area (Å²) in [4.78, 5) is 4.16. The zero-order chi connectivity index (χ0) is 17.5. The van der Waals surface area contributed by atoms with E-state index in [1.165, 1.54) is 6.07 Å². The fraction of sp³-hybridized carbons (Fsp3) is 0.438. The van der Waals surface area contributed by atoms with Crippen molar-refractivity contribution >= 4 is 45.6 Å². The Labute approximate surface area is 149 Å². The van der Waals surface area contributed by atoms with Crippen molar-refractivity contribution in [1.29, 1.82) is 10.5 Å². The molecule has 3 rings (SSSR count). The monoisotopic (exact) mass is 360 g/mol. The lowest BCUT2D eigenvalue weighted by Crippen LogP contribution is -2.43. The third-order valence-corrected chi connectivity index (χ3v) is 5.97. The fourth-order valence-electron chi connectivity index (χ4n) is 3.37. The highest BCUT2D eigenvalue weighted by atomic mass is 35.5. The van der Waals surface area contributed by atoms with Crippen molar-refractivity contribution in [3.63, 3.8) is 0 Å². The van der Waals surface area contributed by atoms with Crippen LogP contribution in [-0.4, -0.2) is 17.7 Å². The molecule has 1 aromatic carbocycles. The van der Waals surface area contributed by atoms with Gasteiger partial charge in [0.1, 0.15) is 17.4 Å². The fourth-order valence-corrected chi connectivity index (χ4v) is 4.51. The predicted molar refractivity (Wildman–Crippen MR) is 96.1 cm³/mol. The predicted octanol–water partition coefficient (Wildman–Crippen LogP) is 4.73.